The van der Waals surface area contributed by atoms with E-state index < -0.39 is 0 Å². The van der Waals surface area contributed by atoms with Crippen LogP contribution in [0.25, 0.3) is 6.08 Å². The Balaban J connectivity index is 2.77. The van der Waals surface area contributed by atoms with E-state index in [0.29, 0.717) is 0 Å². The molecule has 1 aromatic carbocycles. The highest BCUT2D eigenvalue weighted by molar-refractivity contribution is 9.18. The van der Waals surface area contributed by atoms with Gasteiger partial charge in [-0.25, -0.2) is 0 Å². The van der Waals surface area contributed by atoms with Crippen molar-refractivity contribution in [2.45, 2.75) is 0 Å². The van der Waals surface area contributed by atoms with Gasteiger partial charge in [0.05, 0.1) is 0 Å². The lowest BCUT2D eigenvalue weighted by molar-refractivity contribution is -0.106. The maximum absolute atomic E-state index is 10.5. The molecule has 12 heavy (non-hydrogen) atoms. The van der Waals surface area contributed by atoms with E-state index in [-0.39, 0.29) is 10.4 Å². The van der Waals surface area contributed by atoms with Gasteiger partial charge in [-0.1, -0.05) is 18.2 Å². The van der Waals surface area contributed by atoms with Crippen molar-refractivity contribution in [3.8, 4) is 5.75 Å². The van der Waals surface area contributed by atoms with Crippen LogP contribution in [0, 0.1) is 0 Å². The number of allylic oxidation sites excluding steroid dienone is 1. The first-order chi connectivity index (χ1) is 5.68. The number of phenolic OH excluding ortho intramolecular Hbond substituents is 1. The molecule has 0 amide bonds. The van der Waals surface area contributed by atoms with E-state index in [1.54, 1.807) is 30.3 Å². The summed E-state index contributed by atoms with van der Waals surface area (Å²) < 4.78 is -0.171. The molecule has 0 aliphatic rings. The molecule has 0 spiro atoms. The lowest BCUT2D eigenvalue weighted by Gasteiger charge is -1.92. The molecule has 0 saturated heterocycles. The van der Waals surface area contributed by atoms with Crippen molar-refractivity contribution in [3.05, 3.63) is 35.9 Å². The maximum Gasteiger partial charge on any atom is 0.220 e. The summed E-state index contributed by atoms with van der Waals surface area (Å²) in [5, 5.41) is 8.93. The third kappa shape index (κ3) is 2.88. The molecule has 0 atom stereocenters. The molecular weight excluding hydrogens is 220 g/mol. The summed E-state index contributed by atoms with van der Waals surface area (Å²) in [5.74, 6) is 0.220. The second-order valence-electron chi connectivity index (χ2n) is 2.23. The minimum absolute atomic E-state index is 0.171. The van der Waals surface area contributed by atoms with E-state index in [0.717, 1.165) is 5.56 Å². The van der Waals surface area contributed by atoms with Crippen molar-refractivity contribution in [2.75, 3.05) is 0 Å². The van der Waals surface area contributed by atoms with Gasteiger partial charge in [0.15, 0.2) is 0 Å². The Labute approximate surface area is 78.7 Å². The zero-order valence-corrected chi connectivity index (χ0v) is 7.78. The predicted octanol–water partition coefficient (Wildman–Crippen LogP) is 2.33. The van der Waals surface area contributed by atoms with Gasteiger partial charge in [0.1, 0.15) is 5.75 Å². The first-order valence-corrected chi connectivity index (χ1v) is 4.14. The van der Waals surface area contributed by atoms with Crippen molar-refractivity contribution in [1.29, 1.82) is 0 Å². The molecule has 1 N–H and O–H groups in total. The highest BCUT2D eigenvalue weighted by atomic mass is 79.9. The Kier molecular flexibility index (Phi) is 3.05. The molecule has 0 fully saturated rings. The fourth-order valence-corrected chi connectivity index (χ4v) is 0.879. The van der Waals surface area contributed by atoms with Crippen LogP contribution in [0.15, 0.2) is 30.3 Å². The van der Waals surface area contributed by atoms with Crippen LogP contribution >= 0.6 is 15.9 Å². The SMILES string of the molecule is O=C(Br)C=Cc1ccc(O)cc1. The third-order valence-electron chi connectivity index (χ3n) is 1.30. The second kappa shape index (κ2) is 4.07. The number of halogens is 1. The molecule has 0 aromatic heterocycles. The molecule has 0 saturated carbocycles. The van der Waals surface area contributed by atoms with Crippen LogP contribution in [0.3, 0.4) is 0 Å². The lowest BCUT2D eigenvalue weighted by atomic mass is 10.2. The first-order valence-electron chi connectivity index (χ1n) is 3.35. The standard InChI is InChI=1S/C9H7BrO2/c10-9(12)6-3-7-1-4-8(11)5-2-7/h1-6,11H. The summed E-state index contributed by atoms with van der Waals surface area (Å²) in [5.41, 5.74) is 0.876. The normalized spacial score (nSPS) is 10.4. The third-order valence-corrected chi connectivity index (χ3v) is 1.56. The van der Waals surface area contributed by atoms with E-state index in [9.17, 15) is 4.79 Å². The smallest absolute Gasteiger partial charge is 0.220 e. The van der Waals surface area contributed by atoms with E-state index in [2.05, 4.69) is 15.9 Å². The fourth-order valence-electron chi connectivity index (χ4n) is 0.747. The van der Waals surface area contributed by atoms with Gasteiger partial charge in [-0.05, 0) is 39.7 Å². The van der Waals surface area contributed by atoms with Gasteiger partial charge in [0.25, 0.3) is 0 Å². The van der Waals surface area contributed by atoms with Crippen molar-refractivity contribution < 1.29 is 9.90 Å². The molecule has 2 nitrogen and oxygen atoms in total. The maximum atomic E-state index is 10.5. The van der Waals surface area contributed by atoms with Crippen LogP contribution in [-0.2, 0) is 4.79 Å². The van der Waals surface area contributed by atoms with E-state index >= 15 is 0 Å². The molecule has 0 bridgehead atoms. The van der Waals surface area contributed by atoms with Gasteiger partial charge in [0, 0.05) is 0 Å². The van der Waals surface area contributed by atoms with Gasteiger partial charge >= 0.3 is 0 Å². The van der Waals surface area contributed by atoms with Crippen LogP contribution in [-0.4, -0.2) is 9.80 Å². The van der Waals surface area contributed by atoms with Crippen LogP contribution < -0.4 is 0 Å². The van der Waals surface area contributed by atoms with E-state index in [1.807, 2.05) is 0 Å². The van der Waals surface area contributed by atoms with Gasteiger partial charge in [0.2, 0.25) is 4.69 Å². The molecule has 62 valence electrons. The summed E-state index contributed by atoms with van der Waals surface area (Å²) in [6, 6.07) is 6.58. The minimum Gasteiger partial charge on any atom is -0.508 e. The van der Waals surface area contributed by atoms with Crippen molar-refractivity contribution >= 4 is 26.7 Å². The number of carbonyl (C=O) groups excluding carboxylic acids is 1. The molecule has 0 unspecified atom stereocenters. The molecule has 0 heterocycles. The summed E-state index contributed by atoms with van der Waals surface area (Å²) in [6.45, 7) is 0. The zero-order valence-electron chi connectivity index (χ0n) is 6.20. The highest BCUT2D eigenvalue weighted by Gasteiger charge is 1.89. The molecule has 0 aliphatic carbocycles. The quantitative estimate of drug-likeness (QED) is 0.621. The van der Waals surface area contributed by atoms with Gasteiger partial charge in [-0.2, -0.15) is 0 Å². The molecule has 0 radical (unpaired) electrons. The molecule has 0 aliphatic heterocycles. The zero-order chi connectivity index (χ0) is 8.97. The number of benzene rings is 1. The summed E-state index contributed by atoms with van der Waals surface area (Å²) in [6.07, 6.45) is 3.07. The van der Waals surface area contributed by atoms with Crippen LogP contribution in [0.4, 0.5) is 0 Å². The Morgan fingerprint density at radius 1 is 1.33 bits per heavy atom. The number of rotatable bonds is 2. The monoisotopic (exact) mass is 226 g/mol. The minimum atomic E-state index is -0.171. The van der Waals surface area contributed by atoms with Crippen LogP contribution in [0.5, 0.6) is 5.75 Å². The van der Waals surface area contributed by atoms with Crippen LogP contribution in [0.1, 0.15) is 5.56 Å². The predicted molar refractivity (Wildman–Crippen MR) is 51.1 cm³/mol. The van der Waals surface area contributed by atoms with Gasteiger partial charge in [-0.3, -0.25) is 4.79 Å². The number of carbonyl (C=O) groups is 1. The Bertz CT molecular complexity index is 301. The molecule has 1 rings (SSSR count). The fraction of sp³-hybridized carbons (Fsp3) is 0. The highest BCUT2D eigenvalue weighted by Crippen LogP contribution is 2.10. The van der Waals surface area contributed by atoms with Gasteiger partial charge < -0.3 is 5.11 Å². The first kappa shape index (κ1) is 9.00. The summed E-state index contributed by atoms with van der Waals surface area (Å²) in [4.78, 5) is 10.5. The van der Waals surface area contributed by atoms with E-state index in [1.165, 1.54) is 6.08 Å². The Morgan fingerprint density at radius 2 is 1.92 bits per heavy atom. The average Bonchev–Trinajstić information content (AvgIpc) is 2.03. The van der Waals surface area contributed by atoms with E-state index in [4.69, 9.17) is 5.11 Å². The number of aromatic hydroxyl groups is 1. The number of phenols is 1. The van der Waals surface area contributed by atoms with Gasteiger partial charge in [-0.15, -0.1) is 0 Å². The Hall–Kier alpha value is -1.09. The van der Waals surface area contributed by atoms with Crippen LogP contribution in [0.2, 0.25) is 0 Å². The summed E-state index contributed by atoms with van der Waals surface area (Å²) >= 11 is 2.77. The largest absolute Gasteiger partial charge is 0.508 e. The lowest BCUT2D eigenvalue weighted by Crippen LogP contribution is -1.75. The number of hydrogen-bond donors (Lipinski definition) is 1. The molecule has 1 aromatic rings. The van der Waals surface area contributed by atoms with Crippen molar-refractivity contribution in [1.82, 2.24) is 0 Å². The summed E-state index contributed by atoms with van der Waals surface area (Å²) in [7, 11) is 0. The van der Waals surface area contributed by atoms with Crippen molar-refractivity contribution in [2.24, 2.45) is 0 Å². The molecular formula is C9H7BrO2. The number of hydrogen-bond acceptors (Lipinski definition) is 2. The topological polar surface area (TPSA) is 37.3 Å². The second-order valence-corrected chi connectivity index (χ2v) is 3.01. The molecule has 3 heteroatoms. The average molecular weight is 227 g/mol. The Morgan fingerprint density at radius 3 is 2.42 bits per heavy atom. The van der Waals surface area contributed by atoms with Crippen molar-refractivity contribution in [3.63, 3.8) is 0 Å².